The lowest BCUT2D eigenvalue weighted by atomic mass is 10.1. The Morgan fingerprint density at radius 1 is 1.25 bits per heavy atom. The molecule has 0 radical (unpaired) electrons. The van der Waals surface area contributed by atoms with Crippen LogP contribution in [0.1, 0.15) is 18.9 Å². The predicted octanol–water partition coefficient (Wildman–Crippen LogP) is 2.88. The number of fused-ring (bicyclic) bond motifs is 1. The van der Waals surface area contributed by atoms with E-state index in [2.05, 4.69) is 41.0 Å². The van der Waals surface area contributed by atoms with Gasteiger partial charge in [-0.25, -0.2) is 4.90 Å². The van der Waals surface area contributed by atoms with Crippen LogP contribution in [-0.2, 0) is 11.3 Å². The van der Waals surface area contributed by atoms with Crippen molar-refractivity contribution in [3.8, 4) is 0 Å². The van der Waals surface area contributed by atoms with Gasteiger partial charge in [-0.3, -0.25) is 0 Å². The number of rotatable bonds is 2. The Morgan fingerprint density at radius 3 is 2.58 bits per heavy atom. The summed E-state index contributed by atoms with van der Waals surface area (Å²) in [5, 5.41) is 1.16. The van der Waals surface area contributed by atoms with E-state index < -0.39 is 4.99 Å². The molecule has 3 atom stereocenters. The van der Waals surface area contributed by atoms with E-state index in [1.54, 1.807) is 0 Å². The highest BCUT2D eigenvalue weighted by atomic mass is 32.2. The third-order valence-electron chi connectivity index (χ3n) is 5.38. The summed E-state index contributed by atoms with van der Waals surface area (Å²) in [6.45, 7) is 3.78. The first-order valence-corrected chi connectivity index (χ1v) is 9.80. The second-order valence-electron chi connectivity index (χ2n) is 6.68. The molecule has 3 heterocycles. The van der Waals surface area contributed by atoms with Crippen LogP contribution in [-0.4, -0.2) is 61.5 Å². The van der Waals surface area contributed by atoms with Crippen LogP contribution in [0.2, 0.25) is 0 Å². The minimum Gasteiger partial charge on any atom is -0.359 e. The summed E-state index contributed by atoms with van der Waals surface area (Å²) in [5.74, 6) is 0. The van der Waals surface area contributed by atoms with Gasteiger partial charge in [0.2, 0.25) is 0 Å². The highest BCUT2D eigenvalue weighted by Gasteiger charge is 2.68. The summed E-state index contributed by atoms with van der Waals surface area (Å²) in [7, 11) is 4.02. The molecule has 0 N–H and O–H groups in total. The van der Waals surface area contributed by atoms with Crippen LogP contribution in [0.4, 0.5) is 0 Å². The minimum absolute atomic E-state index is 0.334. The van der Waals surface area contributed by atoms with Crippen molar-refractivity contribution in [2.45, 2.75) is 35.9 Å². The molecule has 0 saturated carbocycles. The summed E-state index contributed by atoms with van der Waals surface area (Å²) in [6.07, 6.45) is 1.04. The van der Waals surface area contributed by atoms with Gasteiger partial charge in [-0.15, -0.1) is 11.8 Å². The molecule has 0 aliphatic carbocycles. The van der Waals surface area contributed by atoms with E-state index in [4.69, 9.17) is 29.2 Å². The zero-order valence-corrected chi connectivity index (χ0v) is 16.5. The lowest BCUT2D eigenvalue weighted by molar-refractivity contribution is -0.129. The van der Waals surface area contributed by atoms with Crippen molar-refractivity contribution in [2.75, 3.05) is 20.7 Å². The third kappa shape index (κ3) is 2.05. The van der Waals surface area contributed by atoms with Crippen LogP contribution in [0.5, 0.6) is 0 Å². The quantitative estimate of drug-likeness (QED) is 0.727. The first-order chi connectivity index (χ1) is 11.4. The molecule has 4 rings (SSSR count). The standard InChI is InChI=1S/C17H21N3OS3/c1-16-13(9-10-21-16)24-17(14(22)18(2)15(23)19(17)3)20(16)11-12-7-5-4-6-8-12/h4-8,13H,9-11H2,1-3H3. The molecule has 1 aromatic carbocycles. The second-order valence-corrected chi connectivity index (χ2v) is 8.81. The van der Waals surface area contributed by atoms with Crippen LogP contribution >= 0.6 is 36.2 Å². The van der Waals surface area contributed by atoms with Gasteiger partial charge in [0.25, 0.3) is 0 Å². The molecule has 3 unspecified atom stereocenters. The van der Waals surface area contributed by atoms with E-state index in [0.29, 0.717) is 5.25 Å². The van der Waals surface area contributed by atoms with Crippen LogP contribution in [0.3, 0.4) is 0 Å². The Hall–Kier alpha value is -0.730. The number of likely N-dealkylation sites (N-methyl/N-ethyl adjacent to an activating group) is 2. The van der Waals surface area contributed by atoms with E-state index >= 15 is 0 Å². The zero-order valence-electron chi connectivity index (χ0n) is 14.1. The van der Waals surface area contributed by atoms with Crippen molar-refractivity contribution in [3.63, 3.8) is 0 Å². The van der Waals surface area contributed by atoms with Gasteiger partial charge in [0, 0.05) is 20.6 Å². The Kier molecular flexibility index (Phi) is 3.93. The fourth-order valence-corrected chi connectivity index (χ4v) is 6.67. The largest absolute Gasteiger partial charge is 0.359 e. The Morgan fingerprint density at radius 2 is 1.96 bits per heavy atom. The molecular weight excluding hydrogens is 358 g/mol. The summed E-state index contributed by atoms with van der Waals surface area (Å²) < 4.78 is 6.26. The average molecular weight is 380 g/mol. The fraction of sp³-hybridized carbons (Fsp3) is 0.529. The maximum Gasteiger partial charge on any atom is 0.199 e. The number of thiocarbonyl (C=S) groups is 2. The van der Waals surface area contributed by atoms with E-state index in [1.807, 2.05) is 36.8 Å². The predicted molar refractivity (Wildman–Crippen MR) is 106 cm³/mol. The summed E-state index contributed by atoms with van der Waals surface area (Å²) in [6, 6.07) is 10.5. The molecule has 1 spiro atoms. The number of benzene rings is 1. The average Bonchev–Trinajstić information content (AvgIpc) is 3.11. The SMILES string of the molecule is CN1C(=S)N(C)C2(SC3CCOC3(C)N2Cc2ccccc2)C1=S. The molecule has 3 saturated heterocycles. The van der Waals surface area contributed by atoms with Gasteiger partial charge in [-0.1, -0.05) is 42.5 Å². The van der Waals surface area contributed by atoms with Crippen LogP contribution < -0.4 is 0 Å². The number of hydrogen-bond donors (Lipinski definition) is 0. The van der Waals surface area contributed by atoms with Crippen molar-refractivity contribution in [1.29, 1.82) is 0 Å². The summed E-state index contributed by atoms with van der Waals surface area (Å²) >= 11 is 13.4. The smallest absolute Gasteiger partial charge is 0.199 e. The molecule has 4 nitrogen and oxygen atoms in total. The van der Waals surface area contributed by atoms with Crippen LogP contribution in [0, 0.1) is 0 Å². The van der Waals surface area contributed by atoms with Gasteiger partial charge in [-0.2, -0.15) is 0 Å². The first-order valence-electron chi connectivity index (χ1n) is 8.10. The Labute approximate surface area is 158 Å². The number of hydrogen-bond acceptors (Lipinski definition) is 5. The molecule has 1 aromatic rings. The van der Waals surface area contributed by atoms with E-state index in [0.717, 1.165) is 29.7 Å². The van der Waals surface area contributed by atoms with E-state index in [-0.39, 0.29) is 5.72 Å². The lowest BCUT2D eigenvalue weighted by Crippen LogP contribution is -2.61. The topological polar surface area (TPSA) is 19.0 Å². The summed E-state index contributed by atoms with van der Waals surface area (Å²) in [4.78, 5) is 6.92. The number of ether oxygens (including phenoxy) is 1. The Bertz CT molecular complexity index is 700. The van der Waals surface area contributed by atoms with Gasteiger partial charge < -0.3 is 14.5 Å². The molecule has 7 heteroatoms. The second kappa shape index (κ2) is 5.64. The van der Waals surface area contributed by atoms with Crippen molar-refractivity contribution in [1.82, 2.24) is 14.7 Å². The highest BCUT2D eigenvalue weighted by Crippen LogP contribution is 2.58. The third-order valence-corrected chi connectivity index (χ3v) is 8.58. The monoisotopic (exact) mass is 379 g/mol. The van der Waals surface area contributed by atoms with E-state index in [1.165, 1.54) is 5.56 Å². The molecule has 128 valence electrons. The van der Waals surface area contributed by atoms with Gasteiger partial charge in [0.15, 0.2) is 10.1 Å². The van der Waals surface area contributed by atoms with Crippen molar-refractivity contribution in [2.24, 2.45) is 0 Å². The molecule has 24 heavy (non-hydrogen) atoms. The van der Waals surface area contributed by atoms with Gasteiger partial charge in [0.1, 0.15) is 10.7 Å². The van der Waals surface area contributed by atoms with Crippen molar-refractivity contribution < 1.29 is 4.74 Å². The maximum absolute atomic E-state index is 6.26. The Balaban J connectivity index is 1.81. The zero-order chi connectivity index (χ0) is 17.1. The normalized spacial score (nSPS) is 36.2. The fourth-order valence-electron chi connectivity index (χ4n) is 3.98. The van der Waals surface area contributed by atoms with Crippen molar-refractivity contribution >= 4 is 46.3 Å². The van der Waals surface area contributed by atoms with Gasteiger partial charge >= 0.3 is 0 Å². The highest BCUT2D eigenvalue weighted by molar-refractivity contribution is 8.03. The van der Waals surface area contributed by atoms with Crippen LogP contribution in [0.25, 0.3) is 0 Å². The van der Waals surface area contributed by atoms with Gasteiger partial charge in [0.05, 0.1) is 11.9 Å². The molecule has 3 aliphatic heterocycles. The lowest BCUT2D eigenvalue weighted by Gasteiger charge is -2.44. The number of thioether (sulfide) groups is 1. The molecular formula is C17H21N3OS3. The molecule has 3 aliphatic rings. The molecule has 0 bridgehead atoms. The van der Waals surface area contributed by atoms with Crippen LogP contribution in [0.15, 0.2) is 30.3 Å². The molecule has 0 aromatic heterocycles. The summed E-state index contributed by atoms with van der Waals surface area (Å²) in [5.41, 5.74) is 0.922. The molecule has 0 amide bonds. The number of nitrogens with zero attached hydrogens (tertiary/aromatic N) is 3. The molecule has 3 fully saturated rings. The minimum atomic E-state index is -0.448. The van der Waals surface area contributed by atoms with Gasteiger partial charge in [-0.05, 0) is 31.1 Å². The maximum atomic E-state index is 6.26. The first kappa shape index (κ1) is 16.7. The van der Waals surface area contributed by atoms with Crippen molar-refractivity contribution in [3.05, 3.63) is 35.9 Å². The van der Waals surface area contributed by atoms with E-state index in [9.17, 15) is 0 Å².